The monoisotopic (exact) mass is 409 g/mol. The Kier molecular flexibility index (Phi) is 7.79. The van der Waals surface area contributed by atoms with Crippen LogP contribution in [0.4, 0.5) is 5.69 Å². The van der Waals surface area contributed by atoms with E-state index in [4.69, 9.17) is 5.73 Å². The van der Waals surface area contributed by atoms with Crippen LogP contribution in [-0.4, -0.2) is 29.8 Å². The summed E-state index contributed by atoms with van der Waals surface area (Å²) in [6.07, 6.45) is 0.461. The molecule has 0 aliphatic carbocycles. The molecule has 30 heavy (non-hydrogen) atoms. The first-order valence-electron chi connectivity index (χ1n) is 10.4. The molecule has 5 nitrogen and oxygen atoms in total. The van der Waals surface area contributed by atoms with Gasteiger partial charge in [0.05, 0.1) is 0 Å². The lowest BCUT2D eigenvalue weighted by Crippen LogP contribution is -2.41. The van der Waals surface area contributed by atoms with Crippen molar-refractivity contribution in [2.75, 3.05) is 18.4 Å². The van der Waals surface area contributed by atoms with Crippen LogP contribution in [0.1, 0.15) is 57.0 Å². The summed E-state index contributed by atoms with van der Waals surface area (Å²) < 4.78 is 0. The van der Waals surface area contributed by atoms with Crippen molar-refractivity contribution in [2.45, 2.75) is 47.6 Å². The second kappa shape index (κ2) is 9.90. The number of nitrogens with zero attached hydrogens (tertiary/aromatic N) is 1. The van der Waals surface area contributed by atoms with Gasteiger partial charge in [-0.05, 0) is 47.2 Å². The minimum absolute atomic E-state index is 0.000766. The van der Waals surface area contributed by atoms with Crippen molar-refractivity contribution >= 4 is 17.5 Å². The Morgan fingerprint density at radius 3 is 2.07 bits per heavy atom. The first kappa shape index (κ1) is 23.6. The number of amides is 2. The van der Waals surface area contributed by atoms with E-state index in [1.807, 2.05) is 80.3 Å². The average Bonchev–Trinajstić information content (AvgIpc) is 2.67. The van der Waals surface area contributed by atoms with E-state index in [0.29, 0.717) is 31.6 Å². The molecular weight excluding hydrogens is 374 g/mol. The molecule has 0 radical (unpaired) electrons. The topological polar surface area (TPSA) is 75.4 Å². The van der Waals surface area contributed by atoms with Crippen molar-refractivity contribution in [1.29, 1.82) is 0 Å². The molecular formula is C25H35N3O2. The maximum absolute atomic E-state index is 13.1. The van der Waals surface area contributed by atoms with Gasteiger partial charge in [0, 0.05) is 30.8 Å². The van der Waals surface area contributed by atoms with Crippen LogP contribution in [0.15, 0.2) is 54.6 Å². The number of carbonyl (C=O) groups excluding carboxylic acids is 2. The SMILES string of the molecule is CC(C)(C)CC(=O)Nc1ccc(CN(CC(C)(C)CN)C(=O)c2ccccc2)cc1. The summed E-state index contributed by atoms with van der Waals surface area (Å²) in [5.41, 5.74) is 8.10. The highest BCUT2D eigenvalue weighted by Crippen LogP contribution is 2.22. The largest absolute Gasteiger partial charge is 0.334 e. The van der Waals surface area contributed by atoms with Gasteiger partial charge in [-0.3, -0.25) is 9.59 Å². The zero-order chi connectivity index (χ0) is 22.4. The molecule has 0 fully saturated rings. The molecule has 2 rings (SSSR count). The molecule has 0 heterocycles. The zero-order valence-corrected chi connectivity index (χ0v) is 18.9. The number of benzene rings is 2. The highest BCUT2D eigenvalue weighted by Gasteiger charge is 2.25. The van der Waals surface area contributed by atoms with E-state index < -0.39 is 0 Å². The van der Waals surface area contributed by atoms with Gasteiger partial charge in [0.15, 0.2) is 0 Å². The molecule has 3 N–H and O–H groups in total. The van der Waals surface area contributed by atoms with E-state index in [1.54, 1.807) is 0 Å². The minimum atomic E-state index is -0.189. The fraction of sp³-hybridized carbons (Fsp3) is 0.440. The lowest BCUT2D eigenvalue weighted by molar-refractivity contribution is -0.117. The molecule has 0 aliphatic rings. The summed E-state index contributed by atoms with van der Waals surface area (Å²) in [4.78, 5) is 27.1. The van der Waals surface area contributed by atoms with Gasteiger partial charge in [0.25, 0.3) is 5.91 Å². The van der Waals surface area contributed by atoms with Gasteiger partial charge in [-0.2, -0.15) is 0 Å². The van der Waals surface area contributed by atoms with E-state index in [0.717, 1.165) is 11.3 Å². The van der Waals surface area contributed by atoms with Crippen LogP contribution in [-0.2, 0) is 11.3 Å². The Labute approximate surface area is 180 Å². The van der Waals surface area contributed by atoms with Gasteiger partial charge >= 0.3 is 0 Å². The van der Waals surface area contributed by atoms with E-state index in [9.17, 15) is 9.59 Å². The molecule has 2 aromatic carbocycles. The molecule has 0 saturated carbocycles. The second-order valence-electron chi connectivity index (χ2n) is 9.88. The fourth-order valence-corrected chi connectivity index (χ4v) is 3.14. The molecule has 0 atom stereocenters. The molecule has 2 aromatic rings. The van der Waals surface area contributed by atoms with Crippen LogP contribution >= 0.6 is 0 Å². The Balaban J connectivity index is 2.13. The maximum atomic E-state index is 13.1. The third-order valence-corrected chi connectivity index (χ3v) is 4.78. The van der Waals surface area contributed by atoms with E-state index in [2.05, 4.69) is 19.2 Å². The number of nitrogens with one attached hydrogen (secondary N) is 1. The first-order valence-corrected chi connectivity index (χ1v) is 10.4. The van der Waals surface area contributed by atoms with Crippen molar-refractivity contribution in [3.8, 4) is 0 Å². The fourth-order valence-electron chi connectivity index (χ4n) is 3.14. The van der Waals surface area contributed by atoms with Crippen LogP contribution < -0.4 is 11.1 Å². The van der Waals surface area contributed by atoms with Gasteiger partial charge in [-0.25, -0.2) is 0 Å². The molecule has 0 bridgehead atoms. The normalized spacial score (nSPS) is 11.8. The van der Waals surface area contributed by atoms with Gasteiger partial charge in [0.2, 0.25) is 5.91 Å². The molecule has 2 amide bonds. The first-order chi connectivity index (χ1) is 14.0. The van der Waals surface area contributed by atoms with Crippen molar-refractivity contribution < 1.29 is 9.59 Å². The van der Waals surface area contributed by atoms with Crippen molar-refractivity contribution in [3.05, 3.63) is 65.7 Å². The molecule has 0 saturated heterocycles. The summed E-state index contributed by atoms with van der Waals surface area (Å²) >= 11 is 0. The quantitative estimate of drug-likeness (QED) is 0.664. The van der Waals surface area contributed by atoms with Crippen molar-refractivity contribution in [1.82, 2.24) is 4.90 Å². The zero-order valence-electron chi connectivity index (χ0n) is 18.9. The van der Waals surface area contributed by atoms with Crippen LogP contribution in [0.25, 0.3) is 0 Å². The van der Waals surface area contributed by atoms with Crippen molar-refractivity contribution in [3.63, 3.8) is 0 Å². The predicted molar refractivity (Wildman–Crippen MR) is 123 cm³/mol. The Bertz CT molecular complexity index is 837. The standard InChI is InChI=1S/C25H35N3O2/c1-24(2,3)15-22(29)27-21-13-11-19(12-14-21)16-28(18-25(4,5)17-26)23(30)20-9-7-6-8-10-20/h6-14H,15-18,26H2,1-5H3,(H,27,29). The summed E-state index contributed by atoms with van der Waals surface area (Å²) in [6, 6.07) is 17.0. The number of hydrogen-bond donors (Lipinski definition) is 2. The number of hydrogen-bond acceptors (Lipinski definition) is 3. The minimum Gasteiger partial charge on any atom is -0.334 e. The number of nitrogens with two attached hydrogens (primary N) is 1. The second-order valence-corrected chi connectivity index (χ2v) is 9.88. The van der Waals surface area contributed by atoms with Gasteiger partial charge in [-0.1, -0.05) is 65.0 Å². The van der Waals surface area contributed by atoms with E-state index in [1.165, 1.54) is 0 Å². The third-order valence-electron chi connectivity index (χ3n) is 4.78. The van der Waals surface area contributed by atoms with Gasteiger partial charge in [-0.15, -0.1) is 0 Å². The Morgan fingerprint density at radius 1 is 0.933 bits per heavy atom. The molecule has 0 unspecified atom stereocenters. The van der Waals surface area contributed by atoms with Crippen LogP contribution in [0.5, 0.6) is 0 Å². The number of anilines is 1. The Morgan fingerprint density at radius 2 is 1.53 bits per heavy atom. The predicted octanol–water partition coefficient (Wildman–Crippen LogP) is 4.69. The van der Waals surface area contributed by atoms with Gasteiger partial charge < -0.3 is 16.0 Å². The summed E-state index contributed by atoms with van der Waals surface area (Å²) in [5.74, 6) is -0.0134. The summed E-state index contributed by atoms with van der Waals surface area (Å²) in [6.45, 7) is 11.8. The van der Waals surface area contributed by atoms with Crippen molar-refractivity contribution in [2.24, 2.45) is 16.6 Å². The van der Waals surface area contributed by atoms with Crippen LogP contribution in [0.3, 0.4) is 0 Å². The molecule has 0 spiro atoms. The van der Waals surface area contributed by atoms with Crippen LogP contribution in [0, 0.1) is 10.8 Å². The van der Waals surface area contributed by atoms with Crippen LogP contribution in [0.2, 0.25) is 0 Å². The average molecular weight is 410 g/mol. The number of rotatable bonds is 8. The molecule has 5 heteroatoms. The molecule has 0 aliphatic heterocycles. The van der Waals surface area contributed by atoms with Gasteiger partial charge in [0.1, 0.15) is 0 Å². The molecule has 0 aromatic heterocycles. The van der Waals surface area contributed by atoms with E-state index >= 15 is 0 Å². The Hall–Kier alpha value is -2.66. The smallest absolute Gasteiger partial charge is 0.254 e. The van der Waals surface area contributed by atoms with E-state index in [-0.39, 0.29) is 22.6 Å². The highest BCUT2D eigenvalue weighted by atomic mass is 16.2. The lowest BCUT2D eigenvalue weighted by atomic mass is 9.92. The number of carbonyl (C=O) groups is 2. The maximum Gasteiger partial charge on any atom is 0.254 e. The highest BCUT2D eigenvalue weighted by molar-refractivity contribution is 5.94. The lowest BCUT2D eigenvalue weighted by Gasteiger charge is -2.32. The summed E-state index contributed by atoms with van der Waals surface area (Å²) in [5, 5.41) is 2.94. The molecule has 162 valence electrons. The summed E-state index contributed by atoms with van der Waals surface area (Å²) in [7, 11) is 0. The third kappa shape index (κ3) is 7.64.